The lowest BCUT2D eigenvalue weighted by Crippen LogP contribution is -2.38. The average molecular weight is 293 g/mol. The van der Waals surface area contributed by atoms with Crippen LogP contribution < -0.4 is 4.74 Å². The van der Waals surface area contributed by atoms with Crippen molar-refractivity contribution >= 4 is 5.97 Å². The van der Waals surface area contributed by atoms with Gasteiger partial charge in [-0.15, -0.1) is 0 Å². The van der Waals surface area contributed by atoms with Gasteiger partial charge < -0.3 is 9.47 Å². The third-order valence-electron chi connectivity index (χ3n) is 4.58. The second-order valence-corrected chi connectivity index (χ2v) is 6.03. The van der Waals surface area contributed by atoms with Crippen molar-refractivity contribution in [2.45, 2.75) is 51.3 Å². The second-order valence-electron chi connectivity index (χ2n) is 6.03. The summed E-state index contributed by atoms with van der Waals surface area (Å²) in [5.41, 5.74) is 2.09. The molecule has 6 nitrogen and oxygen atoms in total. The number of carbonyl (C=O) groups excluding carboxylic acids is 1. The van der Waals surface area contributed by atoms with Gasteiger partial charge in [0, 0.05) is 19.5 Å². The SMILES string of the molecule is COc1c([C@@H]2CCCN2[C@@H]2C[C@@H](C)OC2=O)c(C)nn1C. The molecule has 3 atom stereocenters. The van der Waals surface area contributed by atoms with E-state index in [0.29, 0.717) is 0 Å². The van der Waals surface area contributed by atoms with E-state index < -0.39 is 0 Å². The highest BCUT2D eigenvalue weighted by Gasteiger charge is 2.43. The lowest BCUT2D eigenvalue weighted by atomic mass is 10.0. The van der Waals surface area contributed by atoms with Gasteiger partial charge in [-0.2, -0.15) is 5.10 Å². The molecule has 0 amide bonds. The lowest BCUT2D eigenvalue weighted by Gasteiger charge is -2.28. The maximum absolute atomic E-state index is 12.1. The number of nitrogens with zero attached hydrogens (tertiary/aromatic N) is 3. The van der Waals surface area contributed by atoms with Crippen molar-refractivity contribution in [1.29, 1.82) is 0 Å². The summed E-state index contributed by atoms with van der Waals surface area (Å²) < 4.78 is 12.6. The Labute approximate surface area is 125 Å². The zero-order chi connectivity index (χ0) is 15.1. The minimum Gasteiger partial charge on any atom is -0.481 e. The van der Waals surface area contributed by atoms with E-state index in [9.17, 15) is 4.79 Å². The van der Waals surface area contributed by atoms with Crippen LogP contribution >= 0.6 is 0 Å². The van der Waals surface area contributed by atoms with Crippen molar-refractivity contribution < 1.29 is 14.3 Å². The molecule has 0 unspecified atom stereocenters. The Morgan fingerprint density at radius 2 is 2.14 bits per heavy atom. The highest BCUT2D eigenvalue weighted by atomic mass is 16.6. The number of rotatable bonds is 3. The monoisotopic (exact) mass is 293 g/mol. The van der Waals surface area contributed by atoms with Gasteiger partial charge in [0.15, 0.2) is 0 Å². The van der Waals surface area contributed by atoms with Gasteiger partial charge in [0.05, 0.1) is 18.4 Å². The summed E-state index contributed by atoms with van der Waals surface area (Å²) in [7, 11) is 3.56. The van der Waals surface area contributed by atoms with Gasteiger partial charge >= 0.3 is 5.97 Å². The van der Waals surface area contributed by atoms with Gasteiger partial charge in [-0.25, -0.2) is 4.68 Å². The van der Waals surface area contributed by atoms with Crippen molar-refractivity contribution in [2.24, 2.45) is 7.05 Å². The van der Waals surface area contributed by atoms with Crippen LogP contribution in [0.5, 0.6) is 5.88 Å². The summed E-state index contributed by atoms with van der Waals surface area (Å²) >= 11 is 0. The minimum absolute atomic E-state index is 0.0145. The van der Waals surface area contributed by atoms with Gasteiger partial charge in [0.25, 0.3) is 0 Å². The Bertz CT molecular complexity index is 555. The van der Waals surface area contributed by atoms with Crippen LogP contribution in [0.25, 0.3) is 0 Å². The van der Waals surface area contributed by atoms with E-state index in [-0.39, 0.29) is 24.2 Å². The number of hydrogen-bond acceptors (Lipinski definition) is 5. The Kier molecular flexibility index (Phi) is 3.65. The fraction of sp³-hybridized carbons (Fsp3) is 0.733. The summed E-state index contributed by atoms with van der Waals surface area (Å²) in [5, 5.41) is 4.47. The summed E-state index contributed by atoms with van der Waals surface area (Å²) in [5.74, 6) is 0.707. The summed E-state index contributed by atoms with van der Waals surface area (Å²) in [6.07, 6.45) is 2.90. The lowest BCUT2D eigenvalue weighted by molar-refractivity contribution is -0.145. The minimum atomic E-state index is -0.128. The van der Waals surface area contributed by atoms with Crippen molar-refractivity contribution in [3.8, 4) is 5.88 Å². The first-order valence-electron chi connectivity index (χ1n) is 7.56. The number of aromatic nitrogens is 2. The van der Waals surface area contributed by atoms with E-state index in [1.807, 2.05) is 20.9 Å². The summed E-state index contributed by atoms with van der Waals surface area (Å²) in [6.45, 7) is 4.89. The molecule has 21 heavy (non-hydrogen) atoms. The maximum atomic E-state index is 12.1. The van der Waals surface area contributed by atoms with E-state index in [1.54, 1.807) is 11.8 Å². The standard InChI is InChI=1S/C15H23N3O3/c1-9-8-12(15(19)21-9)18-7-5-6-11(18)13-10(2)16-17(3)14(13)20-4/h9,11-12H,5-8H2,1-4H3/t9-,11+,12-/m1/s1. The third-order valence-corrected chi connectivity index (χ3v) is 4.58. The van der Waals surface area contributed by atoms with Gasteiger partial charge in [-0.1, -0.05) is 0 Å². The third kappa shape index (κ3) is 2.31. The molecule has 6 heteroatoms. The zero-order valence-corrected chi connectivity index (χ0v) is 13.1. The van der Waals surface area contributed by atoms with Crippen molar-refractivity contribution in [2.75, 3.05) is 13.7 Å². The van der Waals surface area contributed by atoms with Crippen molar-refractivity contribution in [1.82, 2.24) is 14.7 Å². The van der Waals surface area contributed by atoms with E-state index in [1.165, 1.54) is 0 Å². The molecule has 0 aromatic carbocycles. The van der Waals surface area contributed by atoms with E-state index in [4.69, 9.17) is 9.47 Å². The molecule has 1 aromatic heterocycles. The molecule has 2 aliphatic heterocycles. The molecular weight excluding hydrogens is 270 g/mol. The highest BCUT2D eigenvalue weighted by Crippen LogP contribution is 2.41. The molecule has 0 N–H and O–H groups in total. The molecule has 3 heterocycles. The van der Waals surface area contributed by atoms with Crippen LogP contribution in [0.2, 0.25) is 0 Å². The Balaban J connectivity index is 1.93. The number of esters is 1. The van der Waals surface area contributed by atoms with Gasteiger partial charge in [-0.05, 0) is 33.2 Å². The predicted octanol–water partition coefficient (Wildman–Crippen LogP) is 1.58. The number of hydrogen-bond donors (Lipinski definition) is 0. The molecule has 0 bridgehead atoms. The number of ether oxygens (including phenoxy) is 2. The van der Waals surface area contributed by atoms with Crippen LogP contribution in [0.3, 0.4) is 0 Å². The van der Waals surface area contributed by atoms with Crippen molar-refractivity contribution in [3.63, 3.8) is 0 Å². The van der Waals surface area contributed by atoms with Crippen LogP contribution in [0.1, 0.15) is 43.5 Å². The summed E-state index contributed by atoms with van der Waals surface area (Å²) in [6, 6.07) is 0.0633. The van der Waals surface area contributed by atoms with Crippen LogP contribution in [-0.4, -0.2) is 46.5 Å². The van der Waals surface area contributed by atoms with E-state index in [2.05, 4.69) is 10.00 Å². The molecule has 0 spiro atoms. The quantitative estimate of drug-likeness (QED) is 0.792. The molecule has 2 aliphatic rings. The topological polar surface area (TPSA) is 56.6 Å². The molecule has 1 aromatic rings. The first-order chi connectivity index (χ1) is 10.0. The van der Waals surface area contributed by atoms with Crippen LogP contribution in [0.4, 0.5) is 0 Å². The van der Waals surface area contributed by atoms with E-state index in [0.717, 1.165) is 42.9 Å². The molecule has 0 aliphatic carbocycles. The average Bonchev–Trinajstić information content (AvgIpc) is 3.07. The Morgan fingerprint density at radius 3 is 2.76 bits per heavy atom. The number of methoxy groups -OCH3 is 1. The highest BCUT2D eigenvalue weighted by molar-refractivity contribution is 5.78. The molecule has 2 fully saturated rings. The molecule has 116 valence electrons. The first kappa shape index (κ1) is 14.4. The largest absolute Gasteiger partial charge is 0.481 e. The van der Waals surface area contributed by atoms with Crippen LogP contribution in [0.15, 0.2) is 0 Å². The van der Waals surface area contributed by atoms with Crippen LogP contribution in [-0.2, 0) is 16.6 Å². The van der Waals surface area contributed by atoms with Crippen molar-refractivity contribution in [3.05, 3.63) is 11.3 Å². The number of cyclic esters (lactones) is 1. The smallest absolute Gasteiger partial charge is 0.323 e. The fourth-order valence-electron chi connectivity index (χ4n) is 3.76. The normalized spacial score (nSPS) is 29.9. The number of carbonyl (C=O) groups is 1. The van der Waals surface area contributed by atoms with Gasteiger partial charge in [-0.3, -0.25) is 9.69 Å². The first-order valence-corrected chi connectivity index (χ1v) is 7.56. The summed E-state index contributed by atoms with van der Waals surface area (Å²) in [4.78, 5) is 14.4. The Hall–Kier alpha value is -1.56. The van der Waals surface area contributed by atoms with Crippen LogP contribution in [0, 0.1) is 6.92 Å². The zero-order valence-electron chi connectivity index (χ0n) is 13.1. The molecular formula is C15H23N3O3. The maximum Gasteiger partial charge on any atom is 0.323 e. The molecule has 3 rings (SSSR count). The van der Waals surface area contributed by atoms with E-state index >= 15 is 0 Å². The molecule has 0 saturated carbocycles. The predicted molar refractivity (Wildman–Crippen MR) is 77.1 cm³/mol. The fourth-order valence-corrected chi connectivity index (χ4v) is 3.76. The number of likely N-dealkylation sites (tertiary alicyclic amines) is 1. The van der Waals surface area contributed by atoms with Gasteiger partial charge in [0.1, 0.15) is 12.1 Å². The Morgan fingerprint density at radius 1 is 1.38 bits per heavy atom. The molecule has 2 saturated heterocycles. The van der Waals surface area contributed by atoms with Gasteiger partial charge in [0.2, 0.25) is 5.88 Å². The second kappa shape index (κ2) is 5.33. The number of aryl methyl sites for hydroxylation is 2. The molecule has 0 radical (unpaired) electrons.